The molecule has 0 aliphatic carbocycles. The van der Waals surface area contributed by atoms with Crippen LogP contribution in [-0.4, -0.2) is 5.91 Å². The quantitative estimate of drug-likeness (QED) is 0.804. The van der Waals surface area contributed by atoms with Gasteiger partial charge >= 0.3 is 0 Å². The predicted octanol–water partition coefficient (Wildman–Crippen LogP) is 4.25. The van der Waals surface area contributed by atoms with E-state index in [4.69, 9.17) is 17.3 Å². The first kappa shape index (κ1) is 13.9. The van der Waals surface area contributed by atoms with Gasteiger partial charge < -0.3 is 11.1 Å². The molecule has 0 aromatic heterocycles. The molecule has 0 unspecified atom stereocenters. The monoisotopic (exact) mass is 338 g/mol. The minimum Gasteiger partial charge on any atom is -0.399 e. The van der Waals surface area contributed by atoms with E-state index in [9.17, 15) is 4.79 Å². The Morgan fingerprint density at radius 1 is 1.26 bits per heavy atom. The maximum atomic E-state index is 12.1. The SMILES string of the molecule is Cc1cc(N)ccc1NC(=O)c1cc(Cl)cc(Br)c1. The molecule has 0 radical (unpaired) electrons. The first-order valence-electron chi connectivity index (χ1n) is 5.59. The number of hydrogen-bond donors (Lipinski definition) is 2. The molecule has 3 nitrogen and oxygen atoms in total. The summed E-state index contributed by atoms with van der Waals surface area (Å²) in [4.78, 5) is 12.1. The number of nitrogen functional groups attached to an aromatic ring is 1. The number of benzene rings is 2. The highest BCUT2D eigenvalue weighted by atomic mass is 79.9. The molecule has 0 spiro atoms. The Kier molecular flexibility index (Phi) is 4.12. The van der Waals surface area contributed by atoms with Gasteiger partial charge in [0.05, 0.1) is 0 Å². The summed E-state index contributed by atoms with van der Waals surface area (Å²) in [6.07, 6.45) is 0. The average Bonchev–Trinajstić information content (AvgIpc) is 2.31. The maximum Gasteiger partial charge on any atom is 0.255 e. The summed E-state index contributed by atoms with van der Waals surface area (Å²) in [5.41, 5.74) is 8.48. The zero-order chi connectivity index (χ0) is 14.0. The van der Waals surface area contributed by atoms with Crippen molar-refractivity contribution in [2.24, 2.45) is 0 Å². The van der Waals surface area contributed by atoms with Crippen molar-refractivity contribution in [1.29, 1.82) is 0 Å². The third kappa shape index (κ3) is 3.49. The zero-order valence-electron chi connectivity index (χ0n) is 10.2. The van der Waals surface area contributed by atoms with Gasteiger partial charge in [-0.15, -0.1) is 0 Å². The number of carbonyl (C=O) groups is 1. The molecule has 19 heavy (non-hydrogen) atoms. The summed E-state index contributed by atoms with van der Waals surface area (Å²) in [7, 11) is 0. The Hall–Kier alpha value is -1.52. The van der Waals surface area contributed by atoms with Crippen LogP contribution in [-0.2, 0) is 0 Å². The fraction of sp³-hybridized carbons (Fsp3) is 0.0714. The molecule has 0 heterocycles. The standard InChI is InChI=1S/C14H12BrClN2O/c1-8-4-12(17)2-3-13(8)18-14(19)9-5-10(15)7-11(16)6-9/h2-7H,17H2,1H3,(H,18,19). The molecule has 98 valence electrons. The van der Waals surface area contributed by atoms with Gasteiger partial charge in [-0.25, -0.2) is 0 Å². The highest BCUT2D eigenvalue weighted by Gasteiger charge is 2.09. The minimum atomic E-state index is -0.212. The van der Waals surface area contributed by atoms with E-state index in [0.717, 1.165) is 15.7 Å². The van der Waals surface area contributed by atoms with Crippen molar-refractivity contribution >= 4 is 44.8 Å². The fourth-order valence-corrected chi connectivity index (χ4v) is 2.57. The normalized spacial score (nSPS) is 10.3. The molecule has 0 saturated heterocycles. The molecule has 0 aliphatic rings. The van der Waals surface area contributed by atoms with Crippen LogP contribution < -0.4 is 11.1 Å². The summed E-state index contributed by atoms with van der Waals surface area (Å²) in [6.45, 7) is 1.89. The molecule has 2 rings (SSSR count). The summed E-state index contributed by atoms with van der Waals surface area (Å²) in [5, 5.41) is 3.34. The lowest BCUT2D eigenvalue weighted by atomic mass is 10.1. The van der Waals surface area contributed by atoms with Crippen LogP contribution in [0.4, 0.5) is 11.4 Å². The molecule has 1 amide bonds. The Morgan fingerprint density at radius 2 is 2.00 bits per heavy atom. The molecule has 5 heteroatoms. The Morgan fingerprint density at radius 3 is 2.63 bits per heavy atom. The van der Waals surface area contributed by atoms with Gasteiger partial charge in [0.15, 0.2) is 0 Å². The Bertz CT molecular complexity index is 623. The predicted molar refractivity (Wildman–Crippen MR) is 82.7 cm³/mol. The molecule has 0 saturated carbocycles. The van der Waals surface area contributed by atoms with Crippen LogP contribution in [0, 0.1) is 6.92 Å². The minimum absolute atomic E-state index is 0.212. The number of aryl methyl sites for hydroxylation is 1. The first-order chi connectivity index (χ1) is 8.95. The van der Waals surface area contributed by atoms with E-state index in [1.54, 1.807) is 30.3 Å². The van der Waals surface area contributed by atoms with Gasteiger partial charge in [0, 0.05) is 26.4 Å². The summed E-state index contributed by atoms with van der Waals surface area (Å²) in [5.74, 6) is -0.212. The second kappa shape index (κ2) is 5.63. The van der Waals surface area contributed by atoms with E-state index in [0.29, 0.717) is 16.3 Å². The summed E-state index contributed by atoms with van der Waals surface area (Å²) < 4.78 is 0.763. The van der Waals surface area contributed by atoms with Crippen molar-refractivity contribution in [2.45, 2.75) is 6.92 Å². The topological polar surface area (TPSA) is 55.1 Å². The average molecular weight is 340 g/mol. The number of nitrogens with two attached hydrogens (primary N) is 1. The van der Waals surface area contributed by atoms with Gasteiger partial charge in [0.1, 0.15) is 0 Å². The number of nitrogens with one attached hydrogen (secondary N) is 1. The second-order valence-corrected chi connectivity index (χ2v) is 5.54. The van der Waals surface area contributed by atoms with Crippen LogP contribution in [0.2, 0.25) is 5.02 Å². The van der Waals surface area contributed by atoms with E-state index < -0.39 is 0 Å². The van der Waals surface area contributed by atoms with Crippen LogP contribution in [0.1, 0.15) is 15.9 Å². The number of rotatable bonds is 2. The largest absolute Gasteiger partial charge is 0.399 e. The van der Waals surface area contributed by atoms with E-state index in [-0.39, 0.29) is 5.91 Å². The van der Waals surface area contributed by atoms with Crippen LogP contribution in [0.15, 0.2) is 40.9 Å². The van der Waals surface area contributed by atoms with Gasteiger partial charge in [-0.1, -0.05) is 27.5 Å². The highest BCUT2D eigenvalue weighted by molar-refractivity contribution is 9.10. The number of amides is 1. The van der Waals surface area contributed by atoms with Crippen LogP contribution in [0.5, 0.6) is 0 Å². The van der Waals surface area contributed by atoms with Crippen molar-refractivity contribution in [3.05, 3.63) is 57.0 Å². The molecule has 0 fully saturated rings. The summed E-state index contributed by atoms with van der Waals surface area (Å²) >= 11 is 9.23. The smallest absolute Gasteiger partial charge is 0.255 e. The Balaban J connectivity index is 2.25. The van der Waals surface area contributed by atoms with Gasteiger partial charge in [0.25, 0.3) is 5.91 Å². The van der Waals surface area contributed by atoms with E-state index >= 15 is 0 Å². The molecular weight excluding hydrogens is 328 g/mol. The van der Waals surface area contributed by atoms with Crippen LogP contribution in [0.3, 0.4) is 0 Å². The zero-order valence-corrected chi connectivity index (χ0v) is 12.5. The van der Waals surface area contributed by atoms with E-state index in [1.165, 1.54) is 0 Å². The van der Waals surface area contributed by atoms with Crippen molar-refractivity contribution in [3.8, 4) is 0 Å². The van der Waals surface area contributed by atoms with Crippen molar-refractivity contribution in [2.75, 3.05) is 11.1 Å². The fourth-order valence-electron chi connectivity index (χ4n) is 1.71. The highest BCUT2D eigenvalue weighted by Crippen LogP contribution is 2.22. The third-order valence-corrected chi connectivity index (χ3v) is 3.30. The van der Waals surface area contributed by atoms with E-state index in [1.807, 2.05) is 13.0 Å². The number of halogens is 2. The molecule has 2 aromatic carbocycles. The lowest BCUT2D eigenvalue weighted by molar-refractivity contribution is 0.102. The number of hydrogen-bond acceptors (Lipinski definition) is 2. The lowest BCUT2D eigenvalue weighted by Gasteiger charge is -2.09. The molecule has 2 aromatic rings. The number of anilines is 2. The van der Waals surface area contributed by atoms with Gasteiger partial charge in [0.2, 0.25) is 0 Å². The van der Waals surface area contributed by atoms with Gasteiger partial charge in [-0.2, -0.15) is 0 Å². The van der Waals surface area contributed by atoms with Crippen LogP contribution in [0.25, 0.3) is 0 Å². The molecule has 0 atom stereocenters. The summed E-state index contributed by atoms with van der Waals surface area (Å²) in [6, 6.07) is 10.4. The lowest BCUT2D eigenvalue weighted by Crippen LogP contribution is -2.12. The molecule has 3 N–H and O–H groups in total. The van der Waals surface area contributed by atoms with Gasteiger partial charge in [-0.3, -0.25) is 4.79 Å². The van der Waals surface area contributed by atoms with E-state index in [2.05, 4.69) is 21.2 Å². The van der Waals surface area contributed by atoms with Gasteiger partial charge in [-0.05, 0) is 48.9 Å². The molecular formula is C14H12BrClN2O. The molecule has 0 bridgehead atoms. The third-order valence-electron chi connectivity index (χ3n) is 2.62. The molecule has 0 aliphatic heterocycles. The Labute approximate surface area is 124 Å². The van der Waals surface area contributed by atoms with Crippen molar-refractivity contribution < 1.29 is 4.79 Å². The second-order valence-electron chi connectivity index (χ2n) is 4.19. The van der Waals surface area contributed by atoms with Crippen LogP contribution >= 0.6 is 27.5 Å². The van der Waals surface area contributed by atoms with Crippen molar-refractivity contribution in [1.82, 2.24) is 0 Å². The number of carbonyl (C=O) groups excluding carboxylic acids is 1. The van der Waals surface area contributed by atoms with Crippen molar-refractivity contribution in [3.63, 3.8) is 0 Å². The maximum absolute atomic E-state index is 12.1. The first-order valence-corrected chi connectivity index (χ1v) is 6.76.